The van der Waals surface area contributed by atoms with Gasteiger partial charge in [0.1, 0.15) is 6.61 Å². The number of halogens is 2. The minimum Gasteiger partial charge on any atom is -0.490 e. The SMILES string of the molecule is CCOc1cc(C(=O)NCC2=CCNCC2)ccc1OCc1cccnc1.Cl.Cl. The first-order valence-electron chi connectivity index (χ1n) is 9.21. The van der Waals surface area contributed by atoms with Crippen molar-refractivity contribution in [1.29, 1.82) is 0 Å². The molecule has 6 nitrogen and oxygen atoms in total. The first-order valence-corrected chi connectivity index (χ1v) is 9.21. The minimum atomic E-state index is -0.116. The van der Waals surface area contributed by atoms with Gasteiger partial charge in [0, 0.05) is 36.6 Å². The first kappa shape index (κ1) is 24.8. The van der Waals surface area contributed by atoms with Gasteiger partial charge < -0.3 is 20.1 Å². The lowest BCUT2D eigenvalue weighted by Crippen LogP contribution is -2.29. The second kappa shape index (κ2) is 13.0. The predicted octanol–water partition coefficient (Wildman–Crippen LogP) is 3.55. The molecule has 1 aromatic heterocycles. The van der Waals surface area contributed by atoms with E-state index in [9.17, 15) is 4.79 Å². The summed E-state index contributed by atoms with van der Waals surface area (Å²) in [6.45, 7) is 5.18. The van der Waals surface area contributed by atoms with Crippen molar-refractivity contribution >= 4 is 30.7 Å². The number of carbonyl (C=O) groups excluding carboxylic acids is 1. The van der Waals surface area contributed by atoms with E-state index in [0.29, 0.717) is 36.8 Å². The molecule has 3 rings (SSSR count). The van der Waals surface area contributed by atoms with Gasteiger partial charge in [0.25, 0.3) is 5.91 Å². The van der Waals surface area contributed by atoms with E-state index in [1.165, 1.54) is 5.57 Å². The molecule has 0 aliphatic carbocycles. The number of rotatable bonds is 8. The lowest BCUT2D eigenvalue weighted by molar-refractivity contribution is 0.0956. The molecule has 0 bridgehead atoms. The van der Waals surface area contributed by atoms with Gasteiger partial charge in [-0.3, -0.25) is 9.78 Å². The molecule has 0 spiro atoms. The summed E-state index contributed by atoms with van der Waals surface area (Å²) in [6.07, 6.45) is 6.58. The second-order valence-corrected chi connectivity index (χ2v) is 6.24. The first-order chi connectivity index (χ1) is 13.3. The molecule has 2 aromatic rings. The fraction of sp³-hybridized carbons (Fsp3) is 0.333. The van der Waals surface area contributed by atoms with Crippen LogP contribution in [0.15, 0.2) is 54.4 Å². The van der Waals surface area contributed by atoms with Gasteiger partial charge in [0.2, 0.25) is 0 Å². The monoisotopic (exact) mass is 439 g/mol. The van der Waals surface area contributed by atoms with Crippen LogP contribution in [0.4, 0.5) is 0 Å². The molecule has 2 N–H and O–H groups in total. The van der Waals surface area contributed by atoms with E-state index in [0.717, 1.165) is 25.1 Å². The Hall–Kier alpha value is -2.28. The van der Waals surface area contributed by atoms with Crippen LogP contribution >= 0.6 is 24.8 Å². The largest absolute Gasteiger partial charge is 0.490 e. The van der Waals surface area contributed by atoms with Crippen LogP contribution in [0.5, 0.6) is 11.5 Å². The standard InChI is InChI=1S/C21H25N3O3.2ClH/c1-2-26-20-12-18(21(25)24-14-16-7-10-22-11-8-16)5-6-19(20)27-15-17-4-3-9-23-13-17;;/h3-7,9,12-13,22H,2,8,10-11,14-15H2,1H3,(H,24,25);2*1H. The summed E-state index contributed by atoms with van der Waals surface area (Å²) in [5.74, 6) is 1.06. The number of carbonyl (C=O) groups is 1. The number of nitrogens with zero attached hydrogens (tertiary/aromatic N) is 1. The number of hydrogen-bond acceptors (Lipinski definition) is 5. The maximum Gasteiger partial charge on any atom is 0.251 e. The van der Waals surface area contributed by atoms with Crippen molar-refractivity contribution in [2.45, 2.75) is 20.0 Å². The van der Waals surface area contributed by atoms with Crippen LogP contribution in [0.25, 0.3) is 0 Å². The van der Waals surface area contributed by atoms with Crippen molar-refractivity contribution in [2.24, 2.45) is 0 Å². The van der Waals surface area contributed by atoms with Crippen LogP contribution in [0.2, 0.25) is 0 Å². The molecular formula is C21H27Cl2N3O3. The number of ether oxygens (including phenoxy) is 2. The maximum absolute atomic E-state index is 12.5. The van der Waals surface area contributed by atoms with Crippen molar-refractivity contribution in [1.82, 2.24) is 15.6 Å². The highest BCUT2D eigenvalue weighted by Crippen LogP contribution is 2.29. The Bertz CT molecular complexity index is 801. The number of benzene rings is 1. The third-order valence-corrected chi connectivity index (χ3v) is 4.26. The Morgan fingerprint density at radius 3 is 2.76 bits per heavy atom. The highest BCUT2D eigenvalue weighted by Gasteiger charge is 2.13. The zero-order chi connectivity index (χ0) is 18.9. The van der Waals surface area contributed by atoms with Crippen LogP contribution in [0.3, 0.4) is 0 Å². The molecule has 29 heavy (non-hydrogen) atoms. The van der Waals surface area contributed by atoms with Crippen molar-refractivity contribution in [3.05, 3.63) is 65.5 Å². The van der Waals surface area contributed by atoms with Gasteiger partial charge in [-0.05, 0) is 44.2 Å². The summed E-state index contributed by atoms with van der Waals surface area (Å²) in [5, 5.41) is 6.24. The van der Waals surface area contributed by atoms with Crippen LogP contribution in [-0.2, 0) is 6.61 Å². The molecule has 0 unspecified atom stereocenters. The van der Waals surface area contributed by atoms with E-state index in [1.807, 2.05) is 19.1 Å². The summed E-state index contributed by atoms with van der Waals surface area (Å²) in [6, 6.07) is 9.08. The van der Waals surface area contributed by atoms with Gasteiger partial charge in [-0.15, -0.1) is 24.8 Å². The molecule has 2 heterocycles. The molecule has 0 fully saturated rings. The molecule has 1 aromatic carbocycles. The lowest BCUT2D eigenvalue weighted by Gasteiger charge is -2.16. The van der Waals surface area contributed by atoms with Gasteiger partial charge in [0.05, 0.1) is 6.61 Å². The van der Waals surface area contributed by atoms with E-state index < -0.39 is 0 Å². The van der Waals surface area contributed by atoms with Gasteiger partial charge in [-0.2, -0.15) is 0 Å². The van der Waals surface area contributed by atoms with E-state index in [2.05, 4.69) is 21.7 Å². The summed E-state index contributed by atoms with van der Waals surface area (Å²) in [4.78, 5) is 16.6. The Morgan fingerprint density at radius 2 is 2.07 bits per heavy atom. The zero-order valence-corrected chi connectivity index (χ0v) is 18.0. The molecule has 1 aliphatic rings. The van der Waals surface area contributed by atoms with Crippen molar-refractivity contribution in [2.75, 3.05) is 26.2 Å². The highest BCUT2D eigenvalue weighted by atomic mass is 35.5. The molecule has 158 valence electrons. The number of nitrogens with one attached hydrogen (secondary N) is 2. The van der Waals surface area contributed by atoms with Crippen molar-refractivity contribution < 1.29 is 14.3 Å². The molecule has 0 radical (unpaired) electrons. The van der Waals surface area contributed by atoms with Gasteiger partial charge in [0.15, 0.2) is 11.5 Å². The third-order valence-electron chi connectivity index (χ3n) is 4.26. The normalized spacial score (nSPS) is 12.7. The van der Waals surface area contributed by atoms with Crippen molar-refractivity contribution in [3.8, 4) is 11.5 Å². The summed E-state index contributed by atoms with van der Waals surface area (Å²) >= 11 is 0. The molecule has 0 saturated carbocycles. The Balaban J connectivity index is 0.00000210. The zero-order valence-electron chi connectivity index (χ0n) is 16.3. The molecule has 0 atom stereocenters. The number of hydrogen-bond donors (Lipinski definition) is 2. The predicted molar refractivity (Wildman–Crippen MR) is 119 cm³/mol. The van der Waals surface area contributed by atoms with E-state index in [4.69, 9.17) is 9.47 Å². The van der Waals surface area contributed by atoms with Crippen LogP contribution < -0.4 is 20.1 Å². The van der Waals surface area contributed by atoms with E-state index in [1.54, 1.807) is 30.6 Å². The van der Waals surface area contributed by atoms with Crippen LogP contribution in [0.1, 0.15) is 29.3 Å². The summed E-state index contributed by atoms with van der Waals surface area (Å²) in [7, 11) is 0. The molecular weight excluding hydrogens is 413 g/mol. The number of amides is 1. The summed E-state index contributed by atoms with van der Waals surface area (Å²) in [5.41, 5.74) is 2.78. The molecule has 1 aliphatic heterocycles. The number of pyridine rings is 1. The van der Waals surface area contributed by atoms with Crippen LogP contribution in [-0.4, -0.2) is 37.1 Å². The van der Waals surface area contributed by atoms with Crippen LogP contribution in [0, 0.1) is 0 Å². The van der Waals surface area contributed by atoms with E-state index in [-0.39, 0.29) is 30.7 Å². The minimum absolute atomic E-state index is 0. The quantitative estimate of drug-likeness (QED) is 0.615. The average Bonchev–Trinajstić information content (AvgIpc) is 2.73. The Labute approximate surface area is 183 Å². The Kier molecular flexibility index (Phi) is 11.1. The molecule has 1 amide bonds. The Morgan fingerprint density at radius 1 is 1.21 bits per heavy atom. The average molecular weight is 440 g/mol. The fourth-order valence-corrected chi connectivity index (χ4v) is 2.81. The molecule has 0 saturated heterocycles. The smallest absolute Gasteiger partial charge is 0.251 e. The fourth-order valence-electron chi connectivity index (χ4n) is 2.81. The molecule has 8 heteroatoms. The van der Waals surface area contributed by atoms with Gasteiger partial charge >= 0.3 is 0 Å². The maximum atomic E-state index is 12.5. The van der Waals surface area contributed by atoms with E-state index >= 15 is 0 Å². The van der Waals surface area contributed by atoms with Gasteiger partial charge in [-0.1, -0.05) is 17.7 Å². The third kappa shape index (κ3) is 7.57. The van der Waals surface area contributed by atoms with Crippen molar-refractivity contribution in [3.63, 3.8) is 0 Å². The van der Waals surface area contributed by atoms with Gasteiger partial charge in [-0.25, -0.2) is 0 Å². The second-order valence-electron chi connectivity index (χ2n) is 6.24. The number of aromatic nitrogens is 1. The summed E-state index contributed by atoms with van der Waals surface area (Å²) < 4.78 is 11.5. The highest BCUT2D eigenvalue weighted by molar-refractivity contribution is 5.95. The lowest BCUT2D eigenvalue weighted by atomic mass is 10.1. The topological polar surface area (TPSA) is 72.5 Å².